The second-order valence-electron chi connectivity index (χ2n) is 6.85. The van der Waals surface area contributed by atoms with Crippen LogP contribution in [0.3, 0.4) is 0 Å². The lowest BCUT2D eigenvalue weighted by Gasteiger charge is -2.08. The summed E-state index contributed by atoms with van der Waals surface area (Å²) in [5.74, 6) is 0.0263. The van der Waals surface area contributed by atoms with Crippen molar-refractivity contribution in [2.45, 2.75) is 90.6 Å². The van der Waals surface area contributed by atoms with Crippen LogP contribution < -0.4 is 5.32 Å². The standard InChI is InChI=1S/C24H41NO2/c1-3-5-6-7-8-9-10-11-12-13-14-15-16-17-18-19-20-21-24(27)25-22-23(26)4-2/h8-9,11-12,14-15,17-18,23,26H,3-7,10,13,16,19-22H2,1-2H3,(H,25,27)/b9-8-,12-11-,15-14-,18-17-. The van der Waals surface area contributed by atoms with Crippen LogP contribution in [0.5, 0.6) is 0 Å². The Bertz CT molecular complexity index is 449. The van der Waals surface area contributed by atoms with Gasteiger partial charge in [-0.25, -0.2) is 0 Å². The van der Waals surface area contributed by atoms with Crippen molar-refractivity contribution >= 4 is 5.91 Å². The average molecular weight is 376 g/mol. The van der Waals surface area contributed by atoms with Gasteiger partial charge in [0.1, 0.15) is 0 Å². The molecule has 0 spiro atoms. The lowest BCUT2D eigenvalue weighted by atomic mass is 10.2. The number of carbonyl (C=O) groups is 1. The molecule has 0 heterocycles. The molecule has 3 nitrogen and oxygen atoms in total. The zero-order valence-electron chi connectivity index (χ0n) is 17.5. The maximum atomic E-state index is 11.6. The van der Waals surface area contributed by atoms with E-state index in [0.29, 0.717) is 19.4 Å². The number of hydrogen-bond donors (Lipinski definition) is 2. The van der Waals surface area contributed by atoms with Crippen LogP contribution in [-0.2, 0) is 4.79 Å². The fourth-order valence-electron chi connectivity index (χ4n) is 2.41. The molecule has 3 heteroatoms. The number of rotatable bonds is 17. The summed E-state index contributed by atoms with van der Waals surface area (Å²) < 4.78 is 0. The van der Waals surface area contributed by atoms with E-state index in [-0.39, 0.29) is 5.91 Å². The molecule has 0 fully saturated rings. The first kappa shape index (κ1) is 25.4. The minimum absolute atomic E-state index is 0.0263. The van der Waals surface area contributed by atoms with E-state index in [4.69, 9.17) is 0 Å². The molecular weight excluding hydrogens is 334 g/mol. The molecule has 0 aliphatic heterocycles. The van der Waals surface area contributed by atoms with Gasteiger partial charge in [-0.05, 0) is 51.4 Å². The zero-order chi connectivity index (χ0) is 20.0. The van der Waals surface area contributed by atoms with Crippen LogP contribution in [0, 0.1) is 0 Å². The molecule has 0 radical (unpaired) electrons. The van der Waals surface area contributed by atoms with Crippen molar-refractivity contribution in [2.75, 3.05) is 6.54 Å². The van der Waals surface area contributed by atoms with Gasteiger partial charge in [-0.3, -0.25) is 4.79 Å². The number of amides is 1. The normalized spacial score (nSPS) is 13.4. The predicted octanol–water partition coefficient (Wildman–Crippen LogP) is 6.02. The lowest BCUT2D eigenvalue weighted by molar-refractivity contribution is -0.121. The number of allylic oxidation sites excluding steroid dienone is 8. The van der Waals surface area contributed by atoms with Crippen molar-refractivity contribution in [2.24, 2.45) is 0 Å². The number of carbonyl (C=O) groups excluding carboxylic acids is 1. The fourth-order valence-corrected chi connectivity index (χ4v) is 2.41. The Balaban J connectivity index is 3.49. The zero-order valence-corrected chi connectivity index (χ0v) is 17.5. The summed E-state index contributed by atoms with van der Waals surface area (Å²) in [6.07, 6.45) is 28.3. The van der Waals surface area contributed by atoms with Crippen molar-refractivity contribution in [1.82, 2.24) is 5.32 Å². The van der Waals surface area contributed by atoms with Gasteiger partial charge in [0.2, 0.25) is 5.91 Å². The second-order valence-corrected chi connectivity index (χ2v) is 6.85. The van der Waals surface area contributed by atoms with Crippen LogP contribution in [0.1, 0.15) is 84.5 Å². The fraction of sp³-hybridized carbons (Fsp3) is 0.625. The van der Waals surface area contributed by atoms with E-state index in [1.165, 1.54) is 25.7 Å². The number of aliphatic hydroxyl groups excluding tert-OH is 1. The van der Waals surface area contributed by atoms with E-state index in [1.807, 2.05) is 6.92 Å². The van der Waals surface area contributed by atoms with E-state index in [0.717, 1.165) is 32.1 Å². The maximum Gasteiger partial charge on any atom is 0.220 e. The third-order valence-electron chi connectivity index (χ3n) is 4.24. The molecule has 0 aromatic rings. The first-order chi connectivity index (χ1) is 13.2. The van der Waals surface area contributed by atoms with Crippen LogP contribution in [0.2, 0.25) is 0 Å². The number of hydrogen-bond acceptors (Lipinski definition) is 2. The summed E-state index contributed by atoms with van der Waals surface area (Å²) >= 11 is 0. The minimum Gasteiger partial charge on any atom is -0.391 e. The van der Waals surface area contributed by atoms with Crippen LogP contribution in [0.15, 0.2) is 48.6 Å². The monoisotopic (exact) mass is 375 g/mol. The lowest BCUT2D eigenvalue weighted by Crippen LogP contribution is -2.31. The first-order valence-electron chi connectivity index (χ1n) is 10.7. The summed E-state index contributed by atoms with van der Waals surface area (Å²) in [6, 6.07) is 0. The van der Waals surface area contributed by atoms with Crippen LogP contribution >= 0.6 is 0 Å². The SMILES string of the molecule is CCCCC/C=C\C/C=C\C/C=C\C/C=C\CCCC(=O)NCC(O)CC. The van der Waals surface area contributed by atoms with Crippen molar-refractivity contribution in [3.8, 4) is 0 Å². The highest BCUT2D eigenvalue weighted by atomic mass is 16.3. The Morgan fingerprint density at radius 3 is 1.85 bits per heavy atom. The van der Waals surface area contributed by atoms with Gasteiger partial charge in [-0.2, -0.15) is 0 Å². The van der Waals surface area contributed by atoms with Gasteiger partial charge < -0.3 is 10.4 Å². The molecule has 154 valence electrons. The van der Waals surface area contributed by atoms with Gasteiger partial charge in [-0.15, -0.1) is 0 Å². The summed E-state index contributed by atoms with van der Waals surface area (Å²) in [5, 5.41) is 12.1. The van der Waals surface area contributed by atoms with Crippen LogP contribution in [0.25, 0.3) is 0 Å². The molecule has 0 aromatic carbocycles. The highest BCUT2D eigenvalue weighted by Gasteiger charge is 2.03. The molecule has 1 atom stereocenters. The van der Waals surface area contributed by atoms with Gasteiger partial charge in [-0.1, -0.05) is 75.3 Å². The van der Waals surface area contributed by atoms with Gasteiger partial charge in [0.25, 0.3) is 0 Å². The Kier molecular flexibility index (Phi) is 19.5. The molecule has 0 bridgehead atoms. The summed E-state index contributed by atoms with van der Waals surface area (Å²) in [6.45, 7) is 4.50. The smallest absolute Gasteiger partial charge is 0.220 e. The van der Waals surface area contributed by atoms with Gasteiger partial charge in [0.15, 0.2) is 0 Å². The Labute approximate surface area is 167 Å². The van der Waals surface area contributed by atoms with Gasteiger partial charge in [0, 0.05) is 13.0 Å². The van der Waals surface area contributed by atoms with Crippen LogP contribution in [0.4, 0.5) is 0 Å². The minimum atomic E-state index is -0.428. The van der Waals surface area contributed by atoms with E-state index in [9.17, 15) is 9.90 Å². The number of aliphatic hydroxyl groups is 1. The predicted molar refractivity (Wildman–Crippen MR) is 118 cm³/mol. The average Bonchev–Trinajstić information content (AvgIpc) is 2.68. The van der Waals surface area contributed by atoms with E-state index < -0.39 is 6.10 Å². The molecule has 27 heavy (non-hydrogen) atoms. The molecular formula is C24H41NO2. The highest BCUT2D eigenvalue weighted by molar-refractivity contribution is 5.75. The van der Waals surface area contributed by atoms with E-state index in [2.05, 4.69) is 60.8 Å². The molecule has 0 saturated carbocycles. The van der Waals surface area contributed by atoms with Crippen molar-refractivity contribution in [3.05, 3.63) is 48.6 Å². The van der Waals surface area contributed by atoms with Crippen molar-refractivity contribution in [3.63, 3.8) is 0 Å². The third-order valence-corrected chi connectivity index (χ3v) is 4.24. The topological polar surface area (TPSA) is 49.3 Å². The summed E-state index contributed by atoms with van der Waals surface area (Å²) in [7, 11) is 0. The Morgan fingerprint density at radius 1 is 0.815 bits per heavy atom. The molecule has 0 aliphatic rings. The molecule has 2 N–H and O–H groups in total. The Morgan fingerprint density at radius 2 is 1.33 bits per heavy atom. The summed E-state index contributed by atoms with van der Waals surface area (Å²) in [4.78, 5) is 11.6. The van der Waals surface area contributed by atoms with Crippen molar-refractivity contribution < 1.29 is 9.90 Å². The quantitative estimate of drug-likeness (QED) is 0.241. The second kappa shape index (κ2) is 20.7. The molecule has 0 aliphatic carbocycles. The largest absolute Gasteiger partial charge is 0.391 e. The maximum absolute atomic E-state index is 11.6. The molecule has 1 amide bonds. The van der Waals surface area contributed by atoms with Gasteiger partial charge >= 0.3 is 0 Å². The number of nitrogens with one attached hydrogen (secondary N) is 1. The summed E-state index contributed by atoms with van der Waals surface area (Å²) in [5.41, 5.74) is 0. The molecule has 0 saturated heterocycles. The molecule has 0 aromatic heterocycles. The van der Waals surface area contributed by atoms with E-state index in [1.54, 1.807) is 0 Å². The number of unbranched alkanes of at least 4 members (excludes halogenated alkanes) is 4. The molecule has 0 rings (SSSR count). The first-order valence-corrected chi connectivity index (χ1v) is 10.7. The highest BCUT2D eigenvalue weighted by Crippen LogP contribution is 2.01. The Hall–Kier alpha value is -1.61. The third kappa shape index (κ3) is 20.6. The van der Waals surface area contributed by atoms with E-state index >= 15 is 0 Å². The molecule has 1 unspecified atom stereocenters. The van der Waals surface area contributed by atoms with Gasteiger partial charge in [0.05, 0.1) is 6.10 Å². The van der Waals surface area contributed by atoms with Crippen LogP contribution in [-0.4, -0.2) is 23.7 Å². The van der Waals surface area contributed by atoms with Crippen molar-refractivity contribution in [1.29, 1.82) is 0 Å².